The van der Waals surface area contributed by atoms with E-state index in [0.29, 0.717) is 23.6 Å². The molecule has 1 N–H and O–H groups in total. The number of nitriles is 1. The average molecular weight is 367 g/mol. The molecule has 27 heavy (non-hydrogen) atoms. The highest BCUT2D eigenvalue weighted by atomic mass is 16.5. The van der Waals surface area contributed by atoms with Gasteiger partial charge >= 0.3 is 5.97 Å². The molecule has 1 aliphatic rings. The van der Waals surface area contributed by atoms with Crippen LogP contribution in [0.4, 0.5) is 5.69 Å². The molecule has 1 aromatic heterocycles. The van der Waals surface area contributed by atoms with Crippen molar-refractivity contribution in [1.82, 2.24) is 4.90 Å². The summed E-state index contributed by atoms with van der Waals surface area (Å²) in [6.45, 7) is 0.0635. The largest absolute Gasteiger partial charge is 0.467 e. The monoisotopic (exact) mass is 367 g/mol. The van der Waals surface area contributed by atoms with Crippen LogP contribution in [0.1, 0.15) is 17.7 Å². The van der Waals surface area contributed by atoms with Crippen molar-refractivity contribution in [2.24, 2.45) is 5.92 Å². The summed E-state index contributed by atoms with van der Waals surface area (Å²) >= 11 is 0. The van der Waals surface area contributed by atoms with E-state index >= 15 is 0 Å². The number of rotatable bonds is 6. The lowest BCUT2D eigenvalue weighted by atomic mass is 10.1. The van der Waals surface area contributed by atoms with Gasteiger partial charge < -0.3 is 19.4 Å². The minimum atomic E-state index is -0.609. The number of hydrogen-bond acceptors (Lipinski definition) is 6. The molecule has 2 heterocycles. The summed E-state index contributed by atoms with van der Waals surface area (Å²) in [4.78, 5) is 37.6. The molecular weight excluding hydrogens is 350 g/mol. The minimum Gasteiger partial charge on any atom is -0.467 e. The van der Waals surface area contributed by atoms with Crippen molar-refractivity contribution in [3.05, 3.63) is 54.0 Å². The van der Waals surface area contributed by atoms with Gasteiger partial charge in [-0.15, -0.1) is 0 Å². The van der Waals surface area contributed by atoms with E-state index in [0.717, 1.165) is 0 Å². The highest BCUT2D eigenvalue weighted by Gasteiger charge is 2.35. The minimum absolute atomic E-state index is 0.0470. The van der Waals surface area contributed by atoms with E-state index < -0.39 is 24.4 Å². The number of likely N-dealkylation sites (tertiary alicyclic amines) is 1. The van der Waals surface area contributed by atoms with Crippen LogP contribution < -0.4 is 5.32 Å². The maximum Gasteiger partial charge on any atom is 0.311 e. The molecule has 2 amide bonds. The Balaban J connectivity index is 1.47. The van der Waals surface area contributed by atoms with Crippen molar-refractivity contribution in [2.75, 3.05) is 18.5 Å². The third-order valence-corrected chi connectivity index (χ3v) is 4.10. The van der Waals surface area contributed by atoms with Crippen LogP contribution in [-0.4, -0.2) is 35.8 Å². The van der Waals surface area contributed by atoms with E-state index in [2.05, 4.69) is 5.32 Å². The van der Waals surface area contributed by atoms with Crippen LogP contribution in [0.15, 0.2) is 47.1 Å². The van der Waals surface area contributed by atoms with E-state index in [-0.39, 0.29) is 18.9 Å². The smallest absolute Gasteiger partial charge is 0.311 e. The van der Waals surface area contributed by atoms with Gasteiger partial charge in [-0.05, 0) is 30.3 Å². The van der Waals surface area contributed by atoms with Crippen molar-refractivity contribution < 1.29 is 23.5 Å². The molecule has 1 aromatic carbocycles. The van der Waals surface area contributed by atoms with E-state index in [4.69, 9.17) is 14.4 Å². The molecule has 0 aliphatic carbocycles. The number of amides is 2. The van der Waals surface area contributed by atoms with Crippen LogP contribution in [-0.2, 0) is 25.7 Å². The number of nitrogens with one attached hydrogen (secondary N) is 1. The molecule has 8 heteroatoms. The fraction of sp³-hybridized carbons (Fsp3) is 0.263. The zero-order valence-corrected chi connectivity index (χ0v) is 14.4. The number of esters is 1. The van der Waals surface area contributed by atoms with Crippen LogP contribution >= 0.6 is 0 Å². The van der Waals surface area contributed by atoms with E-state index in [1.165, 1.54) is 17.2 Å². The average Bonchev–Trinajstić information content (AvgIpc) is 3.30. The van der Waals surface area contributed by atoms with Crippen LogP contribution in [0, 0.1) is 17.2 Å². The third kappa shape index (κ3) is 4.73. The predicted molar refractivity (Wildman–Crippen MR) is 93.0 cm³/mol. The van der Waals surface area contributed by atoms with Crippen LogP contribution in [0.25, 0.3) is 0 Å². The molecule has 1 fully saturated rings. The van der Waals surface area contributed by atoms with Gasteiger partial charge in [0.2, 0.25) is 5.91 Å². The molecule has 0 saturated carbocycles. The standard InChI is InChI=1S/C19H17N3O5/c20-9-13-3-1-4-15(7-13)21-17(23)12-27-19(25)14-8-18(24)22(10-14)11-16-5-2-6-26-16/h1-7,14H,8,10-12H2,(H,21,23)/t14-/m0/s1. The van der Waals surface area contributed by atoms with Crippen molar-refractivity contribution in [3.63, 3.8) is 0 Å². The Hall–Kier alpha value is -3.60. The van der Waals surface area contributed by atoms with Crippen LogP contribution in [0.5, 0.6) is 0 Å². The lowest BCUT2D eigenvalue weighted by Gasteiger charge is -2.14. The van der Waals surface area contributed by atoms with Crippen LogP contribution in [0.2, 0.25) is 0 Å². The van der Waals surface area contributed by atoms with Gasteiger partial charge in [0.05, 0.1) is 30.4 Å². The molecule has 0 unspecified atom stereocenters. The number of benzene rings is 1. The fourth-order valence-electron chi connectivity index (χ4n) is 2.79. The maximum atomic E-state index is 12.1. The Morgan fingerprint density at radius 1 is 1.33 bits per heavy atom. The van der Waals surface area contributed by atoms with Gasteiger partial charge in [-0.1, -0.05) is 6.07 Å². The van der Waals surface area contributed by atoms with Crippen molar-refractivity contribution >= 4 is 23.5 Å². The first kappa shape index (κ1) is 18.2. The van der Waals surface area contributed by atoms with Crippen molar-refractivity contribution in [2.45, 2.75) is 13.0 Å². The second kappa shape index (κ2) is 8.19. The Labute approximate surface area is 155 Å². The lowest BCUT2D eigenvalue weighted by Crippen LogP contribution is -2.28. The van der Waals surface area contributed by atoms with Crippen molar-refractivity contribution in [3.8, 4) is 6.07 Å². The quantitative estimate of drug-likeness (QED) is 0.777. The first-order valence-electron chi connectivity index (χ1n) is 8.32. The molecule has 0 bridgehead atoms. The predicted octanol–water partition coefficient (Wildman–Crippen LogP) is 1.68. The van der Waals surface area contributed by atoms with Gasteiger partial charge in [-0.2, -0.15) is 5.26 Å². The number of furan rings is 1. The Bertz CT molecular complexity index is 885. The zero-order valence-electron chi connectivity index (χ0n) is 14.4. The molecular formula is C19H17N3O5. The Morgan fingerprint density at radius 2 is 2.19 bits per heavy atom. The molecule has 8 nitrogen and oxygen atoms in total. The molecule has 3 rings (SSSR count). The lowest BCUT2D eigenvalue weighted by molar-refractivity contribution is -0.151. The summed E-state index contributed by atoms with van der Waals surface area (Å²) < 4.78 is 10.2. The summed E-state index contributed by atoms with van der Waals surface area (Å²) in [6.07, 6.45) is 1.57. The van der Waals surface area contributed by atoms with Crippen LogP contribution in [0.3, 0.4) is 0 Å². The normalized spacial score (nSPS) is 16.0. The Morgan fingerprint density at radius 3 is 2.93 bits per heavy atom. The van der Waals surface area contributed by atoms with Crippen molar-refractivity contribution in [1.29, 1.82) is 5.26 Å². The van der Waals surface area contributed by atoms with Gasteiger partial charge in [0.25, 0.3) is 5.91 Å². The highest BCUT2D eigenvalue weighted by molar-refractivity contribution is 5.93. The molecule has 138 valence electrons. The van der Waals surface area contributed by atoms with E-state index in [1.54, 1.807) is 30.3 Å². The van der Waals surface area contributed by atoms with Gasteiger partial charge in [0, 0.05) is 18.7 Å². The maximum absolute atomic E-state index is 12.1. The molecule has 0 spiro atoms. The van der Waals surface area contributed by atoms with Gasteiger partial charge in [-0.3, -0.25) is 14.4 Å². The molecule has 1 saturated heterocycles. The first-order chi connectivity index (χ1) is 13.0. The summed E-state index contributed by atoms with van der Waals surface area (Å²) in [7, 11) is 0. The van der Waals surface area contributed by atoms with E-state index in [9.17, 15) is 14.4 Å². The number of carbonyl (C=O) groups excluding carboxylic acids is 3. The third-order valence-electron chi connectivity index (χ3n) is 4.10. The summed E-state index contributed by atoms with van der Waals surface area (Å²) in [6, 6.07) is 11.8. The van der Waals surface area contributed by atoms with Gasteiger partial charge in [0.1, 0.15) is 5.76 Å². The zero-order chi connectivity index (χ0) is 19.2. The topological polar surface area (TPSA) is 113 Å². The van der Waals surface area contributed by atoms with Gasteiger partial charge in [0.15, 0.2) is 6.61 Å². The molecule has 1 atom stereocenters. The number of anilines is 1. The second-order valence-corrected chi connectivity index (χ2v) is 6.10. The number of nitrogens with zero attached hydrogens (tertiary/aromatic N) is 2. The molecule has 2 aromatic rings. The Kier molecular flexibility index (Phi) is 5.52. The fourth-order valence-corrected chi connectivity index (χ4v) is 2.79. The SMILES string of the molecule is N#Cc1cccc(NC(=O)COC(=O)[C@H]2CC(=O)N(Cc3ccco3)C2)c1. The summed E-state index contributed by atoms with van der Waals surface area (Å²) in [5.74, 6) is -1.24. The number of hydrogen-bond donors (Lipinski definition) is 1. The van der Waals surface area contributed by atoms with Gasteiger partial charge in [-0.25, -0.2) is 0 Å². The molecule has 1 aliphatic heterocycles. The second-order valence-electron chi connectivity index (χ2n) is 6.10. The summed E-state index contributed by atoms with van der Waals surface area (Å²) in [5.41, 5.74) is 0.849. The highest BCUT2D eigenvalue weighted by Crippen LogP contribution is 2.21. The van der Waals surface area contributed by atoms with E-state index in [1.807, 2.05) is 6.07 Å². The molecule has 0 radical (unpaired) electrons. The summed E-state index contributed by atoms with van der Waals surface area (Å²) in [5, 5.41) is 11.4. The number of carbonyl (C=O) groups is 3. The first-order valence-corrected chi connectivity index (χ1v) is 8.32. The number of ether oxygens (including phenoxy) is 1.